The number of pyridine rings is 1. The van der Waals surface area contributed by atoms with Gasteiger partial charge in [0.25, 0.3) is 0 Å². The van der Waals surface area contributed by atoms with Crippen molar-refractivity contribution >= 4 is 23.1 Å². The van der Waals surface area contributed by atoms with Crippen molar-refractivity contribution in [2.24, 2.45) is 0 Å². The number of aromatic nitrogens is 1. The van der Waals surface area contributed by atoms with E-state index in [-0.39, 0.29) is 10.8 Å². The highest BCUT2D eigenvalue weighted by molar-refractivity contribution is 6.31. The van der Waals surface area contributed by atoms with Crippen molar-refractivity contribution in [2.75, 3.05) is 5.32 Å². The first kappa shape index (κ1) is 13.6. The molecular weight excluding hydrogens is 284 g/mol. The van der Waals surface area contributed by atoms with E-state index in [1.54, 1.807) is 0 Å². The van der Waals surface area contributed by atoms with Crippen molar-refractivity contribution in [2.45, 2.75) is 6.18 Å². The summed E-state index contributed by atoms with van der Waals surface area (Å²) in [6.07, 6.45) is -4.52. The smallest absolute Gasteiger partial charge is 0.340 e. The Morgan fingerprint density at radius 2 is 1.84 bits per heavy atom. The molecule has 0 spiro atoms. The molecule has 1 N–H and O–H groups in total. The van der Waals surface area contributed by atoms with Gasteiger partial charge in [0.1, 0.15) is 17.3 Å². The van der Waals surface area contributed by atoms with E-state index < -0.39 is 17.7 Å². The second kappa shape index (κ2) is 5.05. The number of hydrogen-bond donors (Lipinski definition) is 1. The number of halogens is 5. The Bertz CT molecular complexity index is 599. The Balaban J connectivity index is 2.26. The summed E-state index contributed by atoms with van der Waals surface area (Å²) in [6, 6.07) is 7.18. The number of hydrogen-bond acceptors (Lipinski definition) is 2. The van der Waals surface area contributed by atoms with Crippen LogP contribution >= 0.6 is 11.6 Å². The van der Waals surface area contributed by atoms with Gasteiger partial charge in [0, 0.05) is 5.69 Å². The van der Waals surface area contributed by atoms with Crippen LogP contribution in [0.3, 0.4) is 0 Å². The van der Waals surface area contributed by atoms with Crippen LogP contribution in [-0.4, -0.2) is 4.98 Å². The number of anilines is 2. The number of nitrogens with zero attached hydrogens (tertiary/aromatic N) is 1. The Hall–Kier alpha value is -1.82. The summed E-state index contributed by atoms with van der Waals surface area (Å²) >= 11 is 5.57. The highest BCUT2D eigenvalue weighted by Crippen LogP contribution is 2.29. The van der Waals surface area contributed by atoms with Crippen molar-refractivity contribution in [1.29, 1.82) is 0 Å². The van der Waals surface area contributed by atoms with E-state index in [9.17, 15) is 17.6 Å². The quantitative estimate of drug-likeness (QED) is 0.815. The first-order valence-electron chi connectivity index (χ1n) is 5.12. The van der Waals surface area contributed by atoms with Gasteiger partial charge in [0.05, 0.1) is 5.02 Å². The van der Waals surface area contributed by atoms with Crippen LogP contribution in [0.5, 0.6) is 0 Å². The standard InChI is InChI=1S/C12H7ClF4N2/c13-8-6-7(4-5-9(8)14)18-11-3-1-2-10(19-11)12(15,16)17/h1-6H,(H,18,19). The van der Waals surface area contributed by atoms with Gasteiger partial charge in [-0.1, -0.05) is 17.7 Å². The van der Waals surface area contributed by atoms with E-state index in [1.807, 2.05) is 0 Å². The molecule has 0 unspecified atom stereocenters. The molecule has 19 heavy (non-hydrogen) atoms. The first-order chi connectivity index (χ1) is 8.86. The van der Waals surface area contributed by atoms with Crippen LogP contribution in [-0.2, 0) is 6.18 Å². The van der Waals surface area contributed by atoms with Gasteiger partial charge >= 0.3 is 6.18 Å². The minimum atomic E-state index is -4.52. The van der Waals surface area contributed by atoms with Gasteiger partial charge in [-0.05, 0) is 30.3 Å². The third kappa shape index (κ3) is 3.35. The molecule has 1 aromatic heterocycles. The summed E-state index contributed by atoms with van der Waals surface area (Å²) in [5.41, 5.74) is -0.663. The third-order valence-corrected chi connectivity index (χ3v) is 2.52. The molecule has 0 bridgehead atoms. The predicted octanol–water partition coefficient (Wildman–Crippen LogP) is 4.64. The maximum absolute atomic E-state index is 12.9. The first-order valence-corrected chi connectivity index (χ1v) is 5.50. The fourth-order valence-corrected chi connectivity index (χ4v) is 1.56. The normalized spacial score (nSPS) is 11.4. The molecule has 0 aliphatic carbocycles. The SMILES string of the molecule is Fc1ccc(Nc2cccc(C(F)(F)F)n2)cc1Cl. The third-order valence-electron chi connectivity index (χ3n) is 2.23. The van der Waals surface area contributed by atoms with E-state index in [0.717, 1.165) is 12.1 Å². The Morgan fingerprint density at radius 1 is 1.11 bits per heavy atom. The van der Waals surface area contributed by atoms with Crippen LogP contribution in [0.1, 0.15) is 5.69 Å². The molecule has 2 nitrogen and oxygen atoms in total. The monoisotopic (exact) mass is 290 g/mol. The van der Waals surface area contributed by atoms with Crippen molar-refractivity contribution in [3.05, 3.63) is 52.9 Å². The maximum atomic E-state index is 12.9. The summed E-state index contributed by atoms with van der Waals surface area (Å²) in [4.78, 5) is 3.42. The van der Waals surface area contributed by atoms with Crippen molar-refractivity contribution in [3.8, 4) is 0 Å². The zero-order chi connectivity index (χ0) is 14.0. The summed E-state index contributed by atoms with van der Waals surface area (Å²) in [5, 5.41) is 2.49. The predicted molar refractivity (Wildman–Crippen MR) is 63.9 cm³/mol. The summed E-state index contributed by atoms with van der Waals surface area (Å²) in [7, 11) is 0. The number of rotatable bonds is 2. The van der Waals surface area contributed by atoms with Crippen LogP contribution < -0.4 is 5.32 Å². The van der Waals surface area contributed by atoms with Crippen LogP contribution in [0, 0.1) is 5.82 Å². The fraction of sp³-hybridized carbons (Fsp3) is 0.0833. The van der Waals surface area contributed by atoms with Gasteiger partial charge in [0.15, 0.2) is 0 Å². The average Bonchev–Trinajstić information content (AvgIpc) is 2.33. The van der Waals surface area contributed by atoms with Gasteiger partial charge in [-0.15, -0.1) is 0 Å². The number of nitrogens with one attached hydrogen (secondary N) is 1. The van der Waals surface area contributed by atoms with E-state index in [2.05, 4.69) is 10.3 Å². The topological polar surface area (TPSA) is 24.9 Å². The molecule has 0 radical (unpaired) electrons. The molecule has 2 aromatic rings. The molecule has 0 amide bonds. The maximum Gasteiger partial charge on any atom is 0.433 e. The second-order valence-corrected chi connectivity index (χ2v) is 4.07. The zero-order valence-electron chi connectivity index (χ0n) is 9.30. The minimum Gasteiger partial charge on any atom is -0.340 e. The lowest BCUT2D eigenvalue weighted by Crippen LogP contribution is -2.08. The highest BCUT2D eigenvalue weighted by Gasteiger charge is 2.32. The summed E-state index contributed by atoms with van der Waals surface area (Å²) in [6.45, 7) is 0. The Labute approximate surface area is 111 Å². The molecular formula is C12H7ClF4N2. The van der Waals surface area contributed by atoms with Gasteiger partial charge in [0.2, 0.25) is 0 Å². The second-order valence-electron chi connectivity index (χ2n) is 3.66. The molecule has 0 atom stereocenters. The van der Waals surface area contributed by atoms with E-state index in [1.165, 1.54) is 24.3 Å². The Morgan fingerprint density at radius 3 is 2.47 bits per heavy atom. The molecule has 1 aromatic carbocycles. The highest BCUT2D eigenvalue weighted by atomic mass is 35.5. The van der Waals surface area contributed by atoms with Crippen LogP contribution in [0.15, 0.2) is 36.4 Å². The van der Waals surface area contributed by atoms with Gasteiger partial charge in [-0.2, -0.15) is 13.2 Å². The van der Waals surface area contributed by atoms with Crippen LogP contribution in [0.4, 0.5) is 29.1 Å². The van der Waals surface area contributed by atoms with Crippen LogP contribution in [0.2, 0.25) is 5.02 Å². The molecule has 0 saturated carbocycles. The van der Waals surface area contributed by atoms with E-state index >= 15 is 0 Å². The molecule has 0 aliphatic heterocycles. The number of benzene rings is 1. The van der Waals surface area contributed by atoms with E-state index in [4.69, 9.17) is 11.6 Å². The van der Waals surface area contributed by atoms with Gasteiger partial charge < -0.3 is 5.32 Å². The average molecular weight is 291 g/mol. The number of alkyl halides is 3. The fourth-order valence-electron chi connectivity index (χ4n) is 1.38. The molecule has 100 valence electrons. The lowest BCUT2D eigenvalue weighted by Gasteiger charge is -2.09. The van der Waals surface area contributed by atoms with Crippen LogP contribution in [0.25, 0.3) is 0 Å². The zero-order valence-corrected chi connectivity index (χ0v) is 10.1. The van der Waals surface area contributed by atoms with Crippen molar-refractivity contribution in [3.63, 3.8) is 0 Å². The summed E-state index contributed by atoms with van der Waals surface area (Å²) in [5.74, 6) is -0.610. The van der Waals surface area contributed by atoms with Crippen molar-refractivity contribution < 1.29 is 17.6 Å². The van der Waals surface area contributed by atoms with Gasteiger partial charge in [-0.25, -0.2) is 9.37 Å². The molecule has 2 rings (SSSR count). The minimum absolute atomic E-state index is 0.00231. The molecule has 0 saturated heterocycles. The largest absolute Gasteiger partial charge is 0.433 e. The molecule has 7 heteroatoms. The molecule has 0 aliphatic rings. The summed E-state index contributed by atoms with van der Waals surface area (Å²) < 4.78 is 50.3. The lowest BCUT2D eigenvalue weighted by atomic mass is 10.3. The Kier molecular flexibility index (Phi) is 3.61. The molecule has 0 fully saturated rings. The van der Waals surface area contributed by atoms with Gasteiger partial charge in [-0.3, -0.25) is 0 Å². The molecule has 1 heterocycles. The lowest BCUT2D eigenvalue weighted by molar-refractivity contribution is -0.141. The van der Waals surface area contributed by atoms with E-state index in [0.29, 0.717) is 5.69 Å². The van der Waals surface area contributed by atoms with Crippen molar-refractivity contribution in [1.82, 2.24) is 4.98 Å².